The molecule has 0 radical (unpaired) electrons. The van der Waals surface area contributed by atoms with Gasteiger partial charge in [0.25, 0.3) is 5.91 Å². The zero-order valence-electron chi connectivity index (χ0n) is 11.2. The number of hydrogen-bond acceptors (Lipinski definition) is 4. The summed E-state index contributed by atoms with van der Waals surface area (Å²) in [6.45, 7) is 2.08. The first-order valence-corrected chi connectivity index (χ1v) is 6.46. The molecule has 0 aromatic carbocycles. The molecule has 2 rings (SSSR count). The first-order valence-electron chi connectivity index (χ1n) is 6.46. The van der Waals surface area contributed by atoms with Crippen LogP contribution in [0.4, 0.5) is 0 Å². The van der Waals surface area contributed by atoms with E-state index in [9.17, 15) is 14.7 Å². The number of nitrogens with zero attached hydrogens (tertiary/aromatic N) is 3. The van der Waals surface area contributed by atoms with Gasteiger partial charge in [-0.2, -0.15) is 5.26 Å². The molecule has 1 fully saturated rings. The van der Waals surface area contributed by atoms with Crippen molar-refractivity contribution in [3.8, 4) is 6.07 Å². The maximum Gasteiger partial charge on any atom is 0.326 e. The van der Waals surface area contributed by atoms with Crippen molar-refractivity contribution in [2.24, 2.45) is 0 Å². The molecular formula is C14H15N3O3. The quantitative estimate of drug-likeness (QED) is 0.877. The Hall–Kier alpha value is -2.42. The number of carbonyl (C=O) groups excluding carboxylic acids is 1. The third-order valence-electron chi connectivity index (χ3n) is 3.47. The van der Waals surface area contributed by atoms with Crippen LogP contribution in [-0.4, -0.2) is 39.5 Å². The zero-order chi connectivity index (χ0) is 14.7. The maximum absolute atomic E-state index is 12.4. The van der Waals surface area contributed by atoms with Gasteiger partial charge in [-0.25, -0.2) is 9.78 Å². The number of aromatic nitrogens is 1. The number of piperidine rings is 1. The largest absolute Gasteiger partial charge is 0.480 e. The van der Waals surface area contributed by atoms with E-state index >= 15 is 0 Å². The van der Waals surface area contributed by atoms with E-state index in [0.717, 1.165) is 12.8 Å². The van der Waals surface area contributed by atoms with Crippen LogP contribution >= 0.6 is 0 Å². The first-order chi connectivity index (χ1) is 9.54. The number of carboxylic acids is 1. The smallest absolute Gasteiger partial charge is 0.326 e. The van der Waals surface area contributed by atoms with E-state index in [-0.39, 0.29) is 11.6 Å². The van der Waals surface area contributed by atoms with Gasteiger partial charge in [-0.1, -0.05) is 0 Å². The molecule has 0 spiro atoms. The highest BCUT2D eigenvalue weighted by Crippen LogP contribution is 2.20. The lowest BCUT2D eigenvalue weighted by molar-refractivity contribution is -0.143. The van der Waals surface area contributed by atoms with Crippen molar-refractivity contribution in [2.45, 2.75) is 32.2 Å². The molecule has 0 unspecified atom stereocenters. The number of amides is 1. The number of carbonyl (C=O) groups is 2. The fraction of sp³-hybridized carbons (Fsp3) is 0.429. The number of likely N-dealkylation sites (tertiary alicyclic amines) is 1. The number of aryl methyl sites for hydroxylation is 1. The van der Waals surface area contributed by atoms with E-state index in [4.69, 9.17) is 5.26 Å². The number of pyridine rings is 1. The normalized spacial score (nSPS) is 18.4. The van der Waals surface area contributed by atoms with Gasteiger partial charge < -0.3 is 10.0 Å². The van der Waals surface area contributed by atoms with Crippen molar-refractivity contribution in [3.05, 3.63) is 29.1 Å². The molecule has 20 heavy (non-hydrogen) atoms. The summed E-state index contributed by atoms with van der Waals surface area (Å²) >= 11 is 0. The monoisotopic (exact) mass is 273 g/mol. The second-order valence-corrected chi connectivity index (χ2v) is 4.79. The third-order valence-corrected chi connectivity index (χ3v) is 3.47. The molecule has 0 aliphatic carbocycles. The SMILES string of the molecule is Cc1nc(C(=O)N2CCCC[C@H]2C(=O)O)ccc1C#N. The maximum atomic E-state index is 12.4. The number of hydrogen-bond donors (Lipinski definition) is 1. The molecule has 0 saturated carbocycles. The van der Waals surface area contributed by atoms with Crippen molar-refractivity contribution in [2.75, 3.05) is 6.54 Å². The highest BCUT2D eigenvalue weighted by atomic mass is 16.4. The summed E-state index contributed by atoms with van der Waals surface area (Å²) < 4.78 is 0. The van der Waals surface area contributed by atoms with Crippen LogP contribution in [0.3, 0.4) is 0 Å². The molecule has 104 valence electrons. The van der Waals surface area contributed by atoms with E-state index in [1.165, 1.54) is 17.0 Å². The van der Waals surface area contributed by atoms with Gasteiger partial charge in [-0.3, -0.25) is 4.79 Å². The average Bonchev–Trinajstić information content (AvgIpc) is 2.46. The van der Waals surface area contributed by atoms with Gasteiger partial charge in [0.1, 0.15) is 17.8 Å². The molecular weight excluding hydrogens is 258 g/mol. The van der Waals surface area contributed by atoms with Gasteiger partial charge in [-0.05, 0) is 38.3 Å². The molecule has 1 atom stereocenters. The Kier molecular flexibility index (Phi) is 3.99. The van der Waals surface area contributed by atoms with Crippen LogP contribution < -0.4 is 0 Å². The summed E-state index contributed by atoms with van der Waals surface area (Å²) in [5.41, 5.74) is 1.08. The van der Waals surface area contributed by atoms with Gasteiger partial charge in [0.15, 0.2) is 0 Å². The molecule has 0 bridgehead atoms. The molecule has 6 heteroatoms. The second-order valence-electron chi connectivity index (χ2n) is 4.79. The standard InChI is InChI=1S/C14H15N3O3/c1-9-10(8-15)5-6-11(16-9)13(18)17-7-3-2-4-12(17)14(19)20/h5-6,12H,2-4,7H2,1H3,(H,19,20)/t12-/m0/s1. The topological polar surface area (TPSA) is 94.3 Å². The van der Waals surface area contributed by atoms with E-state index in [2.05, 4.69) is 4.98 Å². The summed E-state index contributed by atoms with van der Waals surface area (Å²) in [6.07, 6.45) is 2.07. The molecule has 1 N–H and O–H groups in total. The first kappa shape index (κ1) is 14.0. The zero-order valence-corrected chi connectivity index (χ0v) is 11.2. The molecule has 1 aliphatic heterocycles. The number of nitriles is 1. The number of carboxylic acid groups (broad SMARTS) is 1. The summed E-state index contributed by atoms with van der Waals surface area (Å²) in [7, 11) is 0. The summed E-state index contributed by atoms with van der Waals surface area (Å²) in [5, 5.41) is 18.0. The fourth-order valence-corrected chi connectivity index (χ4v) is 2.38. The number of aliphatic carboxylic acids is 1. The fourth-order valence-electron chi connectivity index (χ4n) is 2.38. The van der Waals surface area contributed by atoms with Crippen LogP contribution in [-0.2, 0) is 4.79 Å². The van der Waals surface area contributed by atoms with Crippen LogP contribution in [0.5, 0.6) is 0 Å². The molecule has 1 saturated heterocycles. The summed E-state index contributed by atoms with van der Waals surface area (Å²) in [5.74, 6) is -1.37. The predicted molar refractivity (Wildman–Crippen MR) is 70.0 cm³/mol. The lowest BCUT2D eigenvalue weighted by atomic mass is 10.0. The van der Waals surface area contributed by atoms with Gasteiger partial charge in [0.05, 0.1) is 11.3 Å². The minimum absolute atomic E-state index is 0.189. The Morgan fingerprint density at radius 3 is 2.80 bits per heavy atom. The molecule has 6 nitrogen and oxygen atoms in total. The second kappa shape index (κ2) is 5.70. The van der Waals surface area contributed by atoms with Crippen LogP contribution in [0.1, 0.15) is 41.0 Å². The highest BCUT2D eigenvalue weighted by Gasteiger charge is 2.33. The lowest BCUT2D eigenvalue weighted by Gasteiger charge is -2.32. The van der Waals surface area contributed by atoms with Gasteiger partial charge in [-0.15, -0.1) is 0 Å². The Balaban J connectivity index is 2.28. The van der Waals surface area contributed by atoms with Gasteiger partial charge in [0.2, 0.25) is 0 Å². The molecule has 1 amide bonds. The Bertz CT molecular complexity index is 592. The highest BCUT2D eigenvalue weighted by molar-refractivity contribution is 5.95. The van der Waals surface area contributed by atoms with Crippen molar-refractivity contribution in [1.82, 2.24) is 9.88 Å². The minimum atomic E-state index is -0.983. The molecule has 1 aliphatic rings. The predicted octanol–water partition coefficient (Wildman–Crippen LogP) is 1.34. The summed E-state index contributed by atoms with van der Waals surface area (Å²) in [6, 6.07) is 4.21. The Morgan fingerprint density at radius 2 is 2.20 bits per heavy atom. The molecule has 1 aromatic rings. The Morgan fingerprint density at radius 1 is 1.45 bits per heavy atom. The van der Waals surface area contributed by atoms with E-state index < -0.39 is 12.0 Å². The van der Waals surface area contributed by atoms with E-state index in [1.807, 2.05) is 6.07 Å². The van der Waals surface area contributed by atoms with Crippen molar-refractivity contribution < 1.29 is 14.7 Å². The summed E-state index contributed by atoms with van der Waals surface area (Å²) in [4.78, 5) is 29.1. The van der Waals surface area contributed by atoms with E-state index in [1.54, 1.807) is 6.92 Å². The van der Waals surface area contributed by atoms with Crippen molar-refractivity contribution >= 4 is 11.9 Å². The van der Waals surface area contributed by atoms with Crippen LogP contribution in [0.15, 0.2) is 12.1 Å². The minimum Gasteiger partial charge on any atom is -0.480 e. The van der Waals surface area contributed by atoms with Crippen molar-refractivity contribution in [3.63, 3.8) is 0 Å². The molecule has 1 aromatic heterocycles. The third kappa shape index (κ3) is 2.62. The van der Waals surface area contributed by atoms with Crippen LogP contribution in [0.2, 0.25) is 0 Å². The van der Waals surface area contributed by atoms with Crippen LogP contribution in [0.25, 0.3) is 0 Å². The van der Waals surface area contributed by atoms with Gasteiger partial charge >= 0.3 is 5.97 Å². The van der Waals surface area contributed by atoms with Crippen LogP contribution in [0, 0.1) is 18.3 Å². The van der Waals surface area contributed by atoms with Crippen molar-refractivity contribution in [1.29, 1.82) is 5.26 Å². The Labute approximate surface area is 116 Å². The lowest BCUT2D eigenvalue weighted by Crippen LogP contribution is -2.48. The van der Waals surface area contributed by atoms with E-state index in [0.29, 0.717) is 24.2 Å². The average molecular weight is 273 g/mol. The van der Waals surface area contributed by atoms with Gasteiger partial charge in [0, 0.05) is 6.54 Å². The number of rotatable bonds is 2. The molecule has 2 heterocycles.